The van der Waals surface area contributed by atoms with E-state index in [1.54, 1.807) is 30.5 Å². The van der Waals surface area contributed by atoms with Crippen LogP contribution < -0.4 is 5.32 Å². The summed E-state index contributed by atoms with van der Waals surface area (Å²) in [6, 6.07) is 9.21. The minimum atomic E-state index is -0.618. The summed E-state index contributed by atoms with van der Waals surface area (Å²) in [6.07, 6.45) is 3.03. The van der Waals surface area contributed by atoms with E-state index >= 15 is 0 Å². The second kappa shape index (κ2) is 8.43. The van der Waals surface area contributed by atoms with E-state index in [1.165, 1.54) is 29.7 Å². The number of carbonyl (C=O) groups excluding carboxylic acids is 1. The SMILES string of the molecule is CC[C@@H](O)c1cnc(-c2ccc(C(=O)Nc3nc4cc(F)ccc4s3)nc2)c(Cl)c1. The smallest absolute Gasteiger partial charge is 0.276 e. The number of nitrogens with zero attached hydrogens (tertiary/aromatic N) is 3. The van der Waals surface area contributed by atoms with E-state index < -0.39 is 12.0 Å². The van der Waals surface area contributed by atoms with Crippen molar-refractivity contribution in [3.05, 3.63) is 70.9 Å². The molecule has 1 atom stereocenters. The summed E-state index contributed by atoms with van der Waals surface area (Å²) in [4.78, 5) is 25.2. The third-order valence-corrected chi connectivity index (χ3v) is 5.71. The number of halogens is 2. The molecule has 0 saturated heterocycles. The van der Waals surface area contributed by atoms with Crippen LogP contribution >= 0.6 is 22.9 Å². The summed E-state index contributed by atoms with van der Waals surface area (Å²) in [6.45, 7) is 1.87. The lowest BCUT2D eigenvalue weighted by Crippen LogP contribution is -2.13. The summed E-state index contributed by atoms with van der Waals surface area (Å²) >= 11 is 7.56. The van der Waals surface area contributed by atoms with Gasteiger partial charge in [0.15, 0.2) is 5.13 Å². The maximum Gasteiger partial charge on any atom is 0.276 e. The number of fused-ring (bicyclic) bond motifs is 1. The van der Waals surface area contributed by atoms with Crippen LogP contribution in [0.2, 0.25) is 5.02 Å². The first-order chi connectivity index (χ1) is 14.4. The first kappa shape index (κ1) is 20.3. The number of nitrogens with one attached hydrogen (secondary N) is 1. The fourth-order valence-electron chi connectivity index (χ4n) is 2.87. The third kappa shape index (κ3) is 4.16. The molecule has 30 heavy (non-hydrogen) atoms. The second-order valence-corrected chi connectivity index (χ2v) is 7.98. The molecule has 4 aromatic rings. The van der Waals surface area contributed by atoms with Crippen LogP contribution in [0.4, 0.5) is 9.52 Å². The van der Waals surface area contributed by atoms with Crippen molar-refractivity contribution in [3.63, 3.8) is 0 Å². The molecule has 0 bridgehead atoms. The Hall–Kier alpha value is -2.94. The highest BCUT2D eigenvalue weighted by Gasteiger charge is 2.14. The molecule has 0 saturated carbocycles. The van der Waals surface area contributed by atoms with E-state index in [2.05, 4.69) is 20.3 Å². The van der Waals surface area contributed by atoms with Crippen LogP contribution in [0.25, 0.3) is 21.5 Å². The van der Waals surface area contributed by atoms with Crippen LogP contribution in [0, 0.1) is 5.82 Å². The van der Waals surface area contributed by atoms with E-state index in [4.69, 9.17) is 11.6 Å². The quantitative estimate of drug-likeness (QED) is 0.441. The molecule has 1 aromatic carbocycles. The van der Waals surface area contributed by atoms with Gasteiger partial charge in [-0.3, -0.25) is 20.1 Å². The maximum absolute atomic E-state index is 13.3. The molecule has 0 aliphatic carbocycles. The number of amides is 1. The standard InChI is InChI=1S/C21H16ClFN4O2S/c1-2-17(28)12-7-14(22)19(25-10-12)11-3-5-15(24-9-11)20(29)27-21-26-16-8-13(23)4-6-18(16)30-21/h3-10,17,28H,2H2,1H3,(H,26,27,29)/t17-/m1/s1. The van der Waals surface area contributed by atoms with E-state index in [0.717, 1.165) is 4.70 Å². The van der Waals surface area contributed by atoms with Gasteiger partial charge in [0.25, 0.3) is 5.91 Å². The summed E-state index contributed by atoms with van der Waals surface area (Å²) in [7, 11) is 0. The highest BCUT2D eigenvalue weighted by atomic mass is 35.5. The zero-order valence-electron chi connectivity index (χ0n) is 15.8. The van der Waals surface area contributed by atoms with Crippen molar-refractivity contribution in [1.29, 1.82) is 0 Å². The zero-order valence-corrected chi connectivity index (χ0v) is 17.3. The normalized spacial score (nSPS) is 12.1. The molecule has 0 radical (unpaired) electrons. The van der Waals surface area contributed by atoms with Crippen molar-refractivity contribution in [2.24, 2.45) is 0 Å². The fourth-order valence-corrected chi connectivity index (χ4v) is 3.99. The molecule has 0 aliphatic rings. The number of benzene rings is 1. The molecule has 0 aliphatic heterocycles. The van der Waals surface area contributed by atoms with Crippen molar-refractivity contribution in [1.82, 2.24) is 15.0 Å². The Bertz CT molecular complexity index is 1230. The van der Waals surface area contributed by atoms with Crippen molar-refractivity contribution in [2.75, 3.05) is 5.32 Å². The molecule has 0 unspecified atom stereocenters. The number of anilines is 1. The number of hydrogen-bond acceptors (Lipinski definition) is 6. The topological polar surface area (TPSA) is 88.0 Å². The van der Waals surface area contributed by atoms with Crippen molar-refractivity contribution in [3.8, 4) is 11.3 Å². The average Bonchev–Trinajstić information content (AvgIpc) is 3.14. The number of rotatable bonds is 5. The van der Waals surface area contributed by atoms with Crippen molar-refractivity contribution >= 4 is 44.2 Å². The maximum atomic E-state index is 13.3. The molecule has 3 heterocycles. The van der Waals surface area contributed by atoms with Crippen LogP contribution in [0.15, 0.2) is 48.8 Å². The lowest BCUT2D eigenvalue weighted by atomic mass is 10.1. The van der Waals surface area contributed by atoms with Crippen molar-refractivity contribution < 1.29 is 14.3 Å². The molecule has 152 valence electrons. The highest BCUT2D eigenvalue weighted by Crippen LogP contribution is 2.29. The Morgan fingerprint density at radius 2 is 2.07 bits per heavy atom. The first-order valence-electron chi connectivity index (χ1n) is 9.12. The molecule has 4 rings (SSSR count). The van der Waals surface area contributed by atoms with Gasteiger partial charge >= 0.3 is 0 Å². The predicted octanol–water partition coefficient (Wildman–Crippen LogP) is 5.24. The molecule has 0 fully saturated rings. The summed E-state index contributed by atoms with van der Waals surface area (Å²) < 4.78 is 14.1. The van der Waals surface area contributed by atoms with E-state index in [-0.39, 0.29) is 11.5 Å². The van der Waals surface area contributed by atoms with Crippen LogP contribution in [-0.2, 0) is 0 Å². The molecule has 3 aromatic heterocycles. The molecule has 0 spiro atoms. The van der Waals surface area contributed by atoms with E-state index in [1.807, 2.05) is 6.92 Å². The van der Waals surface area contributed by atoms with Crippen LogP contribution in [0.3, 0.4) is 0 Å². The summed E-state index contributed by atoms with van der Waals surface area (Å²) in [5.41, 5.74) is 2.47. The largest absolute Gasteiger partial charge is 0.388 e. The van der Waals surface area contributed by atoms with Gasteiger partial charge in [0, 0.05) is 29.6 Å². The van der Waals surface area contributed by atoms with Gasteiger partial charge in [-0.25, -0.2) is 9.37 Å². The molecular weight excluding hydrogens is 427 g/mol. The fraction of sp³-hybridized carbons (Fsp3) is 0.143. The lowest BCUT2D eigenvalue weighted by molar-refractivity contribution is 0.102. The Morgan fingerprint density at radius 1 is 1.23 bits per heavy atom. The van der Waals surface area contributed by atoms with Gasteiger partial charge in [0.1, 0.15) is 11.5 Å². The van der Waals surface area contributed by atoms with Gasteiger partial charge in [0.05, 0.1) is 27.0 Å². The monoisotopic (exact) mass is 442 g/mol. The predicted molar refractivity (Wildman–Crippen MR) is 115 cm³/mol. The van der Waals surface area contributed by atoms with Crippen LogP contribution in [0.1, 0.15) is 35.5 Å². The number of aliphatic hydroxyl groups is 1. The molecule has 1 amide bonds. The summed E-state index contributed by atoms with van der Waals surface area (Å²) in [5, 5.41) is 13.3. The molecule has 2 N–H and O–H groups in total. The third-order valence-electron chi connectivity index (χ3n) is 4.47. The van der Waals surface area contributed by atoms with Gasteiger partial charge in [-0.1, -0.05) is 29.9 Å². The lowest BCUT2D eigenvalue weighted by Gasteiger charge is -2.10. The van der Waals surface area contributed by atoms with E-state index in [0.29, 0.717) is 38.9 Å². The number of aliphatic hydroxyl groups excluding tert-OH is 1. The van der Waals surface area contributed by atoms with Gasteiger partial charge in [-0.05, 0) is 36.8 Å². The van der Waals surface area contributed by atoms with Gasteiger partial charge < -0.3 is 5.11 Å². The number of pyridine rings is 2. The molecular formula is C21H16ClFN4O2S. The minimum Gasteiger partial charge on any atom is -0.388 e. The van der Waals surface area contributed by atoms with Crippen LogP contribution in [-0.4, -0.2) is 26.0 Å². The zero-order chi connectivity index (χ0) is 21.3. The number of carbonyl (C=O) groups is 1. The Labute approximate surface area is 180 Å². The highest BCUT2D eigenvalue weighted by molar-refractivity contribution is 7.22. The molecule has 9 heteroatoms. The summed E-state index contributed by atoms with van der Waals surface area (Å²) in [5.74, 6) is -0.811. The Morgan fingerprint density at radius 3 is 2.77 bits per heavy atom. The van der Waals surface area contributed by atoms with Gasteiger partial charge in [-0.2, -0.15) is 0 Å². The Balaban J connectivity index is 1.52. The van der Waals surface area contributed by atoms with Crippen LogP contribution in [0.5, 0.6) is 0 Å². The number of aromatic nitrogens is 3. The second-order valence-electron chi connectivity index (χ2n) is 6.54. The molecule has 6 nitrogen and oxygen atoms in total. The minimum absolute atomic E-state index is 0.193. The van der Waals surface area contributed by atoms with Gasteiger partial charge in [0.2, 0.25) is 0 Å². The van der Waals surface area contributed by atoms with E-state index in [9.17, 15) is 14.3 Å². The van der Waals surface area contributed by atoms with Crippen molar-refractivity contribution in [2.45, 2.75) is 19.4 Å². The Kier molecular flexibility index (Phi) is 5.72. The number of thiazole rings is 1. The average molecular weight is 443 g/mol. The number of hydrogen-bond donors (Lipinski definition) is 2. The first-order valence-corrected chi connectivity index (χ1v) is 10.3. The van der Waals surface area contributed by atoms with Gasteiger partial charge in [-0.15, -0.1) is 0 Å².